The highest BCUT2D eigenvalue weighted by Gasteiger charge is 2.05. The van der Waals surface area contributed by atoms with Crippen LogP contribution < -0.4 is 16.0 Å². The Balaban J connectivity index is 1.39. The minimum Gasteiger partial charge on any atom is -0.340 e. The molecule has 0 fully saturated rings. The minimum absolute atomic E-state index is 0.169. The van der Waals surface area contributed by atoms with Crippen LogP contribution in [0.15, 0.2) is 78.2 Å². The van der Waals surface area contributed by atoms with Gasteiger partial charge in [0.05, 0.1) is 0 Å². The standard InChI is InChI=1S/C25H23N5OS/c1-17-5-7-21(8-6-17)29-25-26-18(2)16-23(30-25)27-19-9-11-20(12-10-19)28-24(31)14-13-22-4-3-15-32-22/h3-16H,1-2H3,(H,28,31)(H2,26,27,29,30)/b14-13+. The van der Waals surface area contributed by atoms with Gasteiger partial charge < -0.3 is 16.0 Å². The third-order valence-electron chi connectivity index (χ3n) is 4.53. The molecule has 32 heavy (non-hydrogen) atoms. The number of nitrogens with one attached hydrogen (secondary N) is 3. The van der Waals surface area contributed by atoms with Crippen LogP contribution in [-0.2, 0) is 4.79 Å². The summed E-state index contributed by atoms with van der Waals surface area (Å²) in [5, 5.41) is 11.4. The molecule has 0 atom stereocenters. The maximum atomic E-state index is 12.1. The second-order valence-electron chi connectivity index (χ2n) is 7.25. The number of aromatic nitrogens is 2. The summed E-state index contributed by atoms with van der Waals surface area (Å²) in [6.07, 6.45) is 3.33. The molecule has 0 spiro atoms. The highest BCUT2D eigenvalue weighted by atomic mass is 32.1. The quantitative estimate of drug-likeness (QED) is 0.294. The summed E-state index contributed by atoms with van der Waals surface area (Å²) in [4.78, 5) is 22.1. The second-order valence-corrected chi connectivity index (χ2v) is 8.23. The first-order chi connectivity index (χ1) is 15.5. The molecule has 1 amide bonds. The van der Waals surface area contributed by atoms with Crippen molar-refractivity contribution in [2.75, 3.05) is 16.0 Å². The average Bonchev–Trinajstić information content (AvgIpc) is 3.29. The summed E-state index contributed by atoms with van der Waals surface area (Å²) in [6.45, 7) is 3.98. The lowest BCUT2D eigenvalue weighted by Gasteiger charge is -2.11. The first-order valence-corrected chi connectivity index (χ1v) is 11.0. The summed E-state index contributed by atoms with van der Waals surface area (Å²) in [5.41, 5.74) is 4.55. The van der Waals surface area contributed by atoms with Crippen LogP contribution in [0.2, 0.25) is 0 Å². The Morgan fingerprint density at radius 2 is 1.56 bits per heavy atom. The zero-order valence-corrected chi connectivity index (χ0v) is 18.6. The zero-order chi connectivity index (χ0) is 22.3. The molecule has 0 bridgehead atoms. The first kappa shape index (κ1) is 21.3. The van der Waals surface area contributed by atoms with Crippen LogP contribution in [0.3, 0.4) is 0 Å². The Kier molecular flexibility index (Phi) is 6.57. The van der Waals surface area contributed by atoms with E-state index in [4.69, 9.17) is 0 Å². The summed E-state index contributed by atoms with van der Waals surface area (Å²) >= 11 is 1.59. The normalized spacial score (nSPS) is 10.8. The van der Waals surface area contributed by atoms with E-state index >= 15 is 0 Å². The first-order valence-electron chi connectivity index (χ1n) is 10.1. The largest absolute Gasteiger partial charge is 0.340 e. The number of nitrogens with zero attached hydrogens (tertiary/aromatic N) is 2. The summed E-state index contributed by atoms with van der Waals surface area (Å²) in [7, 11) is 0. The molecule has 6 nitrogen and oxygen atoms in total. The van der Waals surface area contributed by atoms with Crippen LogP contribution in [0, 0.1) is 13.8 Å². The van der Waals surface area contributed by atoms with Crippen LogP contribution in [0.4, 0.5) is 28.8 Å². The van der Waals surface area contributed by atoms with Crippen LogP contribution in [-0.4, -0.2) is 15.9 Å². The van der Waals surface area contributed by atoms with Gasteiger partial charge >= 0.3 is 0 Å². The number of anilines is 5. The number of hydrogen-bond acceptors (Lipinski definition) is 6. The van der Waals surface area contributed by atoms with Gasteiger partial charge in [0.1, 0.15) is 5.82 Å². The molecule has 4 rings (SSSR count). The summed E-state index contributed by atoms with van der Waals surface area (Å²) in [5.74, 6) is 1.04. The molecule has 4 aromatic rings. The fourth-order valence-corrected chi connectivity index (χ4v) is 3.59. The van der Waals surface area contributed by atoms with Gasteiger partial charge in [0.2, 0.25) is 11.9 Å². The van der Waals surface area contributed by atoms with E-state index in [0.29, 0.717) is 11.8 Å². The van der Waals surface area contributed by atoms with E-state index in [9.17, 15) is 4.79 Å². The second kappa shape index (κ2) is 9.89. The van der Waals surface area contributed by atoms with Crippen LogP contribution in [0.5, 0.6) is 0 Å². The predicted octanol–water partition coefficient (Wildman–Crippen LogP) is 6.29. The van der Waals surface area contributed by atoms with Gasteiger partial charge in [0, 0.05) is 39.8 Å². The molecule has 2 heterocycles. The molecular weight excluding hydrogens is 418 g/mol. The molecule has 2 aromatic heterocycles. The van der Waals surface area contributed by atoms with Gasteiger partial charge in [-0.05, 0) is 67.8 Å². The van der Waals surface area contributed by atoms with E-state index in [1.165, 1.54) is 11.6 Å². The highest BCUT2D eigenvalue weighted by Crippen LogP contribution is 2.21. The Hall–Kier alpha value is -3.97. The predicted molar refractivity (Wildman–Crippen MR) is 133 cm³/mol. The molecular formula is C25H23N5OS. The lowest BCUT2D eigenvalue weighted by Crippen LogP contribution is -2.07. The molecule has 0 aliphatic carbocycles. The van der Waals surface area contributed by atoms with E-state index in [1.807, 2.05) is 86.0 Å². The molecule has 0 aliphatic heterocycles. The number of carbonyl (C=O) groups excluding carboxylic acids is 1. The van der Waals surface area contributed by atoms with Gasteiger partial charge in [0.15, 0.2) is 0 Å². The van der Waals surface area contributed by atoms with Crippen molar-refractivity contribution in [3.8, 4) is 0 Å². The molecule has 0 saturated heterocycles. The van der Waals surface area contributed by atoms with E-state index in [0.717, 1.165) is 27.6 Å². The van der Waals surface area contributed by atoms with Crippen molar-refractivity contribution in [3.05, 3.63) is 94.3 Å². The van der Waals surface area contributed by atoms with E-state index in [1.54, 1.807) is 17.4 Å². The number of rotatable bonds is 7. The fraction of sp³-hybridized carbons (Fsp3) is 0.0800. The van der Waals surface area contributed by atoms with E-state index < -0.39 is 0 Å². The number of amides is 1. The average molecular weight is 442 g/mol. The zero-order valence-electron chi connectivity index (χ0n) is 17.8. The van der Waals surface area contributed by atoms with Crippen LogP contribution in [0.1, 0.15) is 16.1 Å². The molecule has 2 aromatic carbocycles. The number of aryl methyl sites for hydroxylation is 2. The van der Waals surface area contributed by atoms with Gasteiger partial charge in [-0.25, -0.2) is 4.98 Å². The van der Waals surface area contributed by atoms with Crippen molar-refractivity contribution in [1.29, 1.82) is 0 Å². The monoisotopic (exact) mass is 441 g/mol. The third kappa shape index (κ3) is 6.02. The lowest BCUT2D eigenvalue weighted by atomic mass is 10.2. The van der Waals surface area contributed by atoms with Crippen molar-refractivity contribution in [3.63, 3.8) is 0 Å². The van der Waals surface area contributed by atoms with Gasteiger partial charge in [0.25, 0.3) is 0 Å². The van der Waals surface area contributed by atoms with Crippen molar-refractivity contribution in [2.24, 2.45) is 0 Å². The van der Waals surface area contributed by atoms with E-state index in [-0.39, 0.29) is 5.91 Å². The van der Waals surface area contributed by atoms with Gasteiger partial charge in [-0.1, -0.05) is 23.8 Å². The van der Waals surface area contributed by atoms with Crippen molar-refractivity contribution < 1.29 is 4.79 Å². The molecule has 160 valence electrons. The number of carbonyl (C=O) groups is 1. The van der Waals surface area contributed by atoms with Crippen LogP contribution in [0.25, 0.3) is 6.08 Å². The Morgan fingerprint density at radius 1 is 0.875 bits per heavy atom. The van der Waals surface area contributed by atoms with Crippen LogP contribution >= 0.6 is 11.3 Å². The SMILES string of the molecule is Cc1ccc(Nc2nc(C)cc(Nc3ccc(NC(=O)/C=C/c4cccs4)cc3)n2)cc1. The highest BCUT2D eigenvalue weighted by molar-refractivity contribution is 7.10. The maximum absolute atomic E-state index is 12.1. The summed E-state index contributed by atoms with van der Waals surface area (Å²) < 4.78 is 0. The minimum atomic E-state index is -0.169. The van der Waals surface area contributed by atoms with Crippen molar-refractivity contribution in [2.45, 2.75) is 13.8 Å². The van der Waals surface area contributed by atoms with Crippen molar-refractivity contribution in [1.82, 2.24) is 9.97 Å². The maximum Gasteiger partial charge on any atom is 0.248 e. The Morgan fingerprint density at radius 3 is 2.28 bits per heavy atom. The van der Waals surface area contributed by atoms with E-state index in [2.05, 4.69) is 25.9 Å². The van der Waals surface area contributed by atoms with Gasteiger partial charge in [-0.15, -0.1) is 11.3 Å². The molecule has 0 aliphatic rings. The topological polar surface area (TPSA) is 78.9 Å². The Labute approximate surface area is 191 Å². The summed E-state index contributed by atoms with van der Waals surface area (Å²) in [6, 6.07) is 21.3. The number of hydrogen-bond donors (Lipinski definition) is 3. The smallest absolute Gasteiger partial charge is 0.248 e. The van der Waals surface area contributed by atoms with Crippen molar-refractivity contribution >= 4 is 52.1 Å². The Bertz CT molecular complexity index is 1220. The molecule has 3 N–H and O–H groups in total. The molecule has 0 unspecified atom stereocenters. The molecule has 0 radical (unpaired) electrons. The van der Waals surface area contributed by atoms with Gasteiger partial charge in [-0.2, -0.15) is 4.98 Å². The van der Waals surface area contributed by atoms with Gasteiger partial charge in [-0.3, -0.25) is 4.79 Å². The molecule has 0 saturated carbocycles. The number of benzene rings is 2. The lowest BCUT2D eigenvalue weighted by molar-refractivity contribution is -0.111. The molecule has 7 heteroatoms. The fourth-order valence-electron chi connectivity index (χ4n) is 2.97. The third-order valence-corrected chi connectivity index (χ3v) is 5.37. The number of thiophene rings is 1.